The lowest BCUT2D eigenvalue weighted by molar-refractivity contribution is 0.0760. The molecule has 0 saturated carbocycles. The van der Waals surface area contributed by atoms with Crippen LogP contribution in [0.1, 0.15) is 29.8 Å². The Bertz CT molecular complexity index is 454. The van der Waals surface area contributed by atoms with Gasteiger partial charge in [-0.2, -0.15) is 0 Å². The van der Waals surface area contributed by atoms with E-state index < -0.39 is 40.3 Å². The minimum absolute atomic E-state index is 0.186. The Morgan fingerprint density at radius 2 is 1.33 bits per heavy atom. The Balaban J connectivity index is 3.46. The lowest BCUT2D eigenvalue weighted by atomic mass is 10.1. The van der Waals surface area contributed by atoms with Gasteiger partial charge in [0.05, 0.1) is 0 Å². The van der Waals surface area contributed by atoms with E-state index in [9.17, 15) is 22.4 Å². The number of halogens is 4. The van der Waals surface area contributed by atoms with Crippen LogP contribution in [0.25, 0.3) is 0 Å². The van der Waals surface area contributed by atoms with Crippen molar-refractivity contribution < 1.29 is 22.4 Å². The molecule has 18 heavy (non-hydrogen) atoms. The Labute approximate surface area is 102 Å². The van der Waals surface area contributed by atoms with Crippen LogP contribution in [-0.4, -0.2) is 23.9 Å². The van der Waals surface area contributed by atoms with Gasteiger partial charge in [0.2, 0.25) is 0 Å². The summed E-state index contributed by atoms with van der Waals surface area (Å²) < 4.78 is 53.7. The van der Waals surface area contributed by atoms with E-state index in [1.165, 1.54) is 0 Å². The predicted molar refractivity (Wildman–Crippen MR) is 58.3 cm³/mol. The molecule has 0 aliphatic rings. The molecule has 1 aromatic rings. The number of nitrogens with zero attached hydrogens (tertiary/aromatic N) is 1. The van der Waals surface area contributed by atoms with E-state index in [4.69, 9.17) is 0 Å². The molecule has 0 aliphatic heterocycles. The zero-order chi connectivity index (χ0) is 14.0. The second kappa shape index (κ2) is 5.37. The second-order valence-electron chi connectivity index (χ2n) is 3.73. The van der Waals surface area contributed by atoms with Crippen molar-refractivity contribution in [1.82, 2.24) is 4.90 Å². The lowest BCUT2D eigenvalue weighted by Crippen LogP contribution is -2.32. The highest BCUT2D eigenvalue weighted by Gasteiger charge is 2.29. The third-order valence-electron chi connectivity index (χ3n) is 2.75. The molecule has 0 aromatic heterocycles. The molecule has 0 unspecified atom stereocenters. The summed E-state index contributed by atoms with van der Waals surface area (Å²) in [4.78, 5) is 12.9. The first-order valence-corrected chi connectivity index (χ1v) is 5.48. The molecule has 1 amide bonds. The van der Waals surface area contributed by atoms with Crippen LogP contribution in [0.15, 0.2) is 0 Å². The minimum atomic E-state index is -1.65. The highest BCUT2D eigenvalue weighted by molar-refractivity contribution is 5.95. The van der Waals surface area contributed by atoms with Gasteiger partial charge in [0.1, 0.15) is 5.56 Å². The van der Waals surface area contributed by atoms with E-state index in [-0.39, 0.29) is 13.1 Å². The molecule has 6 heteroatoms. The highest BCUT2D eigenvalue weighted by Crippen LogP contribution is 2.24. The summed E-state index contributed by atoms with van der Waals surface area (Å²) in [7, 11) is 0. The van der Waals surface area contributed by atoms with Gasteiger partial charge in [0, 0.05) is 18.7 Å². The summed E-state index contributed by atoms with van der Waals surface area (Å²) in [5.41, 5.74) is -1.96. The molecular formula is C12H13F4NO. The number of amides is 1. The van der Waals surface area contributed by atoms with Crippen LogP contribution in [0.5, 0.6) is 0 Å². The van der Waals surface area contributed by atoms with E-state index in [0.29, 0.717) is 0 Å². The van der Waals surface area contributed by atoms with E-state index in [1.807, 2.05) is 0 Å². The smallest absolute Gasteiger partial charge is 0.260 e. The molecule has 100 valence electrons. The van der Waals surface area contributed by atoms with Crippen molar-refractivity contribution in [1.29, 1.82) is 0 Å². The zero-order valence-corrected chi connectivity index (χ0v) is 10.3. The summed E-state index contributed by atoms with van der Waals surface area (Å²) in [5.74, 6) is -7.44. The third-order valence-corrected chi connectivity index (χ3v) is 2.75. The average Bonchev–Trinajstić information content (AvgIpc) is 2.36. The van der Waals surface area contributed by atoms with Gasteiger partial charge in [0.15, 0.2) is 23.3 Å². The maximum atomic E-state index is 13.6. The van der Waals surface area contributed by atoms with Gasteiger partial charge in [-0.1, -0.05) is 0 Å². The highest BCUT2D eigenvalue weighted by atomic mass is 19.2. The van der Waals surface area contributed by atoms with Crippen LogP contribution in [0.3, 0.4) is 0 Å². The molecule has 0 fully saturated rings. The van der Waals surface area contributed by atoms with Gasteiger partial charge >= 0.3 is 0 Å². The molecular weight excluding hydrogens is 250 g/mol. The minimum Gasteiger partial charge on any atom is -0.339 e. The Morgan fingerprint density at radius 1 is 0.944 bits per heavy atom. The van der Waals surface area contributed by atoms with E-state index in [1.54, 1.807) is 13.8 Å². The van der Waals surface area contributed by atoms with Crippen LogP contribution >= 0.6 is 0 Å². The monoisotopic (exact) mass is 263 g/mol. The van der Waals surface area contributed by atoms with Gasteiger partial charge < -0.3 is 4.90 Å². The van der Waals surface area contributed by atoms with Crippen molar-refractivity contribution in [3.8, 4) is 0 Å². The Kier molecular flexibility index (Phi) is 4.32. The van der Waals surface area contributed by atoms with Crippen molar-refractivity contribution in [2.24, 2.45) is 0 Å². The fourth-order valence-corrected chi connectivity index (χ4v) is 1.60. The van der Waals surface area contributed by atoms with E-state index >= 15 is 0 Å². The maximum absolute atomic E-state index is 13.6. The first-order chi connectivity index (χ1) is 8.36. The summed E-state index contributed by atoms with van der Waals surface area (Å²) in [6.07, 6.45) is 0. The zero-order valence-electron chi connectivity index (χ0n) is 10.3. The van der Waals surface area contributed by atoms with Crippen molar-refractivity contribution in [2.45, 2.75) is 20.8 Å². The molecule has 0 atom stereocenters. The fourth-order valence-electron chi connectivity index (χ4n) is 1.60. The van der Waals surface area contributed by atoms with Crippen molar-refractivity contribution in [3.05, 3.63) is 34.4 Å². The average molecular weight is 263 g/mol. The quantitative estimate of drug-likeness (QED) is 0.606. The molecule has 0 radical (unpaired) electrons. The van der Waals surface area contributed by atoms with Gasteiger partial charge in [-0.3, -0.25) is 4.79 Å². The Hall–Kier alpha value is -1.59. The second-order valence-corrected chi connectivity index (χ2v) is 3.73. The molecule has 0 saturated heterocycles. The third kappa shape index (κ3) is 2.19. The van der Waals surface area contributed by atoms with Crippen LogP contribution in [0.2, 0.25) is 0 Å². The number of hydrogen-bond acceptors (Lipinski definition) is 1. The van der Waals surface area contributed by atoms with Crippen molar-refractivity contribution in [3.63, 3.8) is 0 Å². The molecule has 1 rings (SSSR count). The van der Waals surface area contributed by atoms with Crippen LogP contribution < -0.4 is 0 Å². The fraction of sp³-hybridized carbons (Fsp3) is 0.417. The standard InChI is InChI=1S/C12H13F4NO/c1-4-17(5-2)12(18)7-10(15)8(13)6(3)9(14)11(7)16/h4-5H2,1-3H3. The van der Waals surface area contributed by atoms with Crippen LogP contribution in [-0.2, 0) is 0 Å². The predicted octanol–water partition coefficient (Wildman–Crippen LogP) is 3.03. The van der Waals surface area contributed by atoms with Gasteiger partial charge in [0.25, 0.3) is 5.91 Å². The van der Waals surface area contributed by atoms with Crippen molar-refractivity contribution >= 4 is 5.91 Å². The molecule has 0 N–H and O–H groups in total. The van der Waals surface area contributed by atoms with E-state index in [2.05, 4.69) is 0 Å². The maximum Gasteiger partial charge on any atom is 0.260 e. The van der Waals surface area contributed by atoms with Gasteiger partial charge in [-0.25, -0.2) is 17.6 Å². The molecule has 0 heterocycles. The summed E-state index contributed by atoms with van der Waals surface area (Å²) >= 11 is 0. The lowest BCUT2D eigenvalue weighted by Gasteiger charge is -2.19. The molecule has 0 aliphatic carbocycles. The number of carbonyl (C=O) groups excluding carboxylic acids is 1. The van der Waals surface area contributed by atoms with E-state index in [0.717, 1.165) is 11.8 Å². The normalized spacial score (nSPS) is 10.6. The largest absolute Gasteiger partial charge is 0.339 e. The SMILES string of the molecule is CCN(CC)C(=O)c1c(F)c(F)c(C)c(F)c1F. The number of rotatable bonds is 3. The summed E-state index contributed by atoms with van der Waals surface area (Å²) in [6, 6.07) is 0. The topological polar surface area (TPSA) is 20.3 Å². The Morgan fingerprint density at radius 3 is 1.67 bits per heavy atom. The number of hydrogen-bond donors (Lipinski definition) is 0. The molecule has 0 spiro atoms. The van der Waals surface area contributed by atoms with Crippen LogP contribution in [0, 0.1) is 30.2 Å². The summed E-state index contributed by atoms with van der Waals surface area (Å²) in [6.45, 7) is 4.47. The first-order valence-electron chi connectivity index (χ1n) is 5.48. The molecule has 2 nitrogen and oxygen atoms in total. The molecule has 1 aromatic carbocycles. The number of benzene rings is 1. The molecule has 0 bridgehead atoms. The van der Waals surface area contributed by atoms with Crippen LogP contribution in [0.4, 0.5) is 17.6 Å². The summed E-state index contributed by atoms with van der Waals surface area (Å²) in [5, 5.41) is 0. The van der Waals surface area contributed by atoms with Gasteiger partial charge in [-0.05, 0) is 20.8 Å². The van der Waals surface area contributed by atoms with Crippen molar-refractivity contribution in [2.75, 3.05) is 13.1 Å². The van der Waals surface area contributed by atoms with Gasteiger partial charge in [-0.15, -0.1) is 0 Å². The number of carbonyl (C=O) groups is 1. The first kappa shape index (κ1) is 14.5.